The van der Waals surface area contributed by atoms with Crippen molar-refractivity contribution in [1.29, 1.82) is 5.26 Å². The molecule has 0 atom stereocenters. The van der Waals surface area contributed by atoms with Crippen molar-refractivity contribution < 1.29 is 9.15 Å². The Balaban J connectivity index is 2.30. The van der Waals surface area contributed by atoms with Gasteiger partial charge in [-0.15, -0.1) is 0 Å². The smallest absolute Gasteiger partial charge is 0.201 e. The second-order valence-corrected chi connectivity index (χ2v) is 6.57. The molecule has 0 amide bonds. The van der Waals surface area contributed by atoms with Gasteiger partial charge in [0.15, 0.2) is 11.5 Å². The normalized spacial score (nSPS) is 11.3. The van der Waals surface area contributed by atoms with E-state index in [0.717, 1.165) is 22.6 Å². The summed E-state index contributed by atoms with van der Waals surface area (Å²) in [5.41, 5.74) is 12.0. The standard InChI is InChI=1S/C20H19N5O2/c1-9-6-7-14(26-5)10(2)16(9)25-17-15(13(8-21)19(25)22)11(3)23-20-18(17)27-12(4)24-20/h6-7H,22H2,1-5H3. The Bertz CT molecular complexity index is 1270. The van der Waals surface area contributed by atoms with Crippen LogP contribution < -0.4 is 10.5 Å². The molecule has 27 heavy (non-hydrogen) atoms. The average molecular weight is 361 g/mol. The van der Waals surface area contributed by atoms with Crippen molar-refractivity contribution in [3.63, 3.8) is 0 Å². The van der Waals surface area contributed by atoms with Crippen LogP contribution in [0.4, 0.5) is 5.82 Å². The zero-order valence-corrected chi connectivity index (χ0v) is 15.8. The summed E-state index contributed by atoms with van der Waals surface area (Å²) in [6.45, 7) is 7.58. The number of nitriles is 1. The number of anilines is 1. The van der Waals surface area contributed by atoms with Crippen molar-refractivity contribution in [3.8, 4) is 17.5 Å². The first-order chi connectivity index (χ1) is 12.9. The van der Waals surface area contributed by atoms with E-state index in [9.17, 15) is 5.26 Å². The molecule has 3 heterocycles. The molecule has 0 aliphatic heterocycles. The van der Waals surface area contributed by atoms with E-state index in [4.69, 9.17) is 14.9 Å². The molecule has 0 radical (unpaired) electrons. The minimum Gasteiger partial charge on any atom is -0.496 e. The first-order valence-corrected chi connectivity index (χ1v) is 8.51. The highest BCUT2D eigenvalue weighted by atomic mass is 16.5. The molecule has 0 saturated heterocycles. The number of hydrogen-bond donors (Lipinski definition) is 1. The summed E-state index contributed by atoms with van der Waals surface area (Å²) in [5.74, 6) is 1.60. The third-order valence-electron chi connectivity index (χ3n) is 4.91. The lowest BCUT2D eigenvalue weighted by molar-refractivity contribution is 0.411. The van der Waals surface area contributed by atoms with Crippen LogP contribution in [-0.2, 0) is 0 Å². The van der Waals surface area contributed by atoms with Crippen LogP contribution in [0, 0.1) is 39.0 Å². The number of aromatic nitrogens is 3. The van der Waals surface area contributed by atoms with Gasteiger partial charge in [-0.1, -0.05) is 6.07 Å². The molecule has 1 aromatic carbocycles. The molecule has 4 aromatic rings. The molecule has 136 valence electrons. The second kappa shape index (κ2) is 5.74. The Hall–Kier alpha value is -3.53. The summed E-state index contributed by atoms with van der Waals surface area (Å²) >= 11 is 0. The van der Waals surface area contributed by atoms with Crippen LogP contribution in [0.3, 0.4) is 0 Å². The average Bonchev–Trinajstić information content (AvgIpc) is 3.13. The van der Waals surface area contributed by atoms with E-state index >= 15 is 0 Å². The first-order valence-electron chi connectivity index (χ1n) is 8.51. The van der Waals surface area contributed by atoms with Gasteiger partial charge in [0.05, 0.1) is 18.5 Å². The zero-order chi connectivity index (χ0) is 19.5. The number of nitrogen functional groups attached to an aromatic ring is 1. The SMILES string of the molecule is COc1ccc(C)c(-n2c(N)c(C#N)c3c(C)nc4nc(C)oc4c32)c1C. The Morgan fingerprint density at radius 1 is 1.19 bits per heavy atom. The topological polar surface area (TPSA) is 103 Å². The summed E-state index contributed by atoms with van der Waals surface area (Å²) in [4.78, 5) is 8.87. The van der Waals surface area contributed by atoms with Gasteiger partial charge >= 0.3 is 0 Å². The maximum atomic E-state index is 9.78. The minimum atomic E-state index is 0.346. The molecule has 7 nitrogen and oxygen atoms in total. The highest BCUT2D eigenvalue weighted by Gasteiger charge is 2.26. The monoisotopic (exact) mass is 361 g/mol. The third kappa shape index (κ3) is 2.20. The van der Waals surface area contributed by atoms with Crippen molar-refractivity contribution in [2.45, 2.75) is 27.7 Å². The second-order valence-electron chi connectivity index (χ2n) is 6.57. The van der Waals surface area contributed by atoms with Gasteiger partial charge in [-0.25, -0.2) is 4.98 Å². The molecule has 0 saturated carbocycles. The van der Waals surface area contributed by atoms with Gasteiger partial charge in [0.2, 0.25) is 5.65 Å². The predicted molar refractivity (Wildman–Crippen MR) is 103 cm³/mol. The fourth-order valence-corrected chi connectivity index (χ4v) is 3.75. The number of pyridine rings is 1. The molecule has 0 bridgehead atoms. The molecular weight excluding hydrogens is 342 g/mol. The number of benzene rings is 1. The minimum absolute atomic E-state index is 0.346. The van der Waals surface area contributed by atoms with E-state index in [2.05, 4.69) is 16.0 Å². The van der Waals surface area contributed by atoms with E-state index in [1.54, 1.807) is 14.0 Å². The molecule has 2 N–H and O–H groups in total. The number of rotatable bonds is 2. The van der Waals surface area contributed by atoms with Crippen LogP contribution in [-0.4, -0.2) is 21.6 Å². The quantitative estimate of drug-likeness (QED) is 0.581. The van der Waals surface area contributed by atoms with E-state index in [-0.39, 0.29) is 0 Å². The molecule has 3 aromatic heterocycles. The predicted octanol–water partition coefficient (Wildman–Crippen LogP) is 3.86. The molecule has 0 spiro atoms. The summed E-state index contributed by atoms with van der Waals surface area (Å²) in [6, 6.07) is 6.12. The van der Waals surface area contributed by atoms with Crippen molar-refractivity contribution in [3.05, 3.63) is 40.4 Å². The van der Waals surface area contributed by atoms with Gasteiger partial charge in [-0.05, 0) is 32.4 Å². The highest BCUT2D eigenvalue weighted by molar-refractivity contribution is 6.07. The van der Waals surface area contributed by atoms with Crippen LogP contribution in [0.1, 0.15) is 28.3 Å². The third-order valence-corrected chi connectivity index (χ3v) is 4.91. The van der Waals surface area contributed by atoms with Gasteiger partial charge < -0.3 is 14.9 Å². The highest BCUT2D eigenvalue weighted by Crippen LogP contribution is 2.40. The Kier molecular flexibility index (Phi) is 3.60. The molecule has 0 aliphatic rings. The van der Waals surface area contributed by atoms with Gasteiger partial charge in [-0.3, -0.25) is 4.57 Å². The number of aryl methyl sites for hydroxylation is 3. The van der Waals surface area contributed by atoms with E-state index in [1.165, 1.54) is 0 Å². The summed E-state index contributed by atoms with van der Waals surface area (Å²) in [5, 5.41) is 10.5. The summed E-state index contributed by atoms with van der Waals surface area (Å²) in [6.07, 6.45) is 0. The number of nitrogens with zero attached hydrogens (tertiary/aromatic N) is 4. The van der Waals surface area contributed by atoms with Crippen LogP contribution in [0.5, 0.6) is 5.75 Å². The molecule has 4 rings (SSSR count). The number of ether oxygens (including phenoxy) is 1. The van der Waals surface area contributed by atoms with Crippen LogP contribution >= 0.6 is 0 Å². The van der Waals surface area contributed by atoms with Crippen molar-refractivity contribution >= 4 is 28.0 Å². The Labute approximate surface area is 156 Å². The lowest BCUT2D eigenvalue weighted by Gasteiger charge is -2.17. The zero-order valence-electron chi connectivity index (χ0n) is 15.8. The van der Waals surface area contributed by atoms with Gasteiger partial charge in [0, 0.05) is 17.9 Å². The van der Waals surface area contributed by atoms with Gasteiger partial charge in [-0.2, -0.15) is 10.2 Å². The lowest BCUT2D eigenvalue weighted by atomic mass is 10.1. The maximum absolute atomic E-state index is 9.78. The Morgan fingerprint density at radius 2 is 1.93 bits per heavy atom. The molecular formula is C20H19N5O2. The number of oxazole rings is 1. The van der Waals surface area contributed by atoms with E-state index in [0.29, 0.717) is 45.1 Å². The van der Waals surface area contributed by atoms with Crippen molar-refractivity contribution in [2.24, 2.45) is 0 Å². The van der Waals surface area contributed by atoms with Crippen LogP contribution in [0.2, 0.25) is 0 Å². The molecule has 0 unspecified atom stereocenters. The number of fused-ring (bicyclic) bond motifs is 3. The maximum Gasteiger partial charge on any atom is 0.201 e. The van der Waals surface area contributed by atoms with Gasteiger partial charge in [0.25, 0.3) is 0 Å². The van der Waals surface area contributed by atoms with Crippen molar-refractivity contribution in [1.82, 2.24) is 14.5 Å². The summed E-state index contributed by atoms with van der Waals surface area (Å²) in [7, 11) is 1.63. The summed E-state index contributed by atoms with van der Waals surface area (Å²) < 4.78 is 13.2. The largest absolute Gasteiger partial charge is 0.496 e. The lowest BCUT2D eigenvalue weighted by Crippen LogP contribution is -2.06. The van der Waals surface area contributed by atoms with E-state index < -0.39 is 0 Å². The fraction of sp³-hybridized carbons (Fsp3) is 0.250. The van der Waals surface area contributed by atoms with Crippen LogP contribution in [0.15, 0.2) is 16.5 Å². The number of hydrogen-bond acceptors (Lipinski definition) is 6. The molecule has 0 fully saturated rings. The Morgan fingerprint density at radius 3 is 2.59 bits per heavy atom. The van der Waals surface area contributed by atoms with Crippen LogP contribution in [0.25, 0.3) is 27.8 Å². The number of methoxy groups -OCH3 is 1. The molecule has 0 aliphatic carbocycles. The fourth-order valence-electron chi connectivity index (χ4n) is 3.75. The van der Waals surface area contributed by atoms with Crippen molar-refractivity contribution in [2.75, 3.05) is 12.8 Å². The van der Waals surface area contributed by atoms with E-state index in [1.807, 2.05) is 37.5 Å². The molecule has 7 heteroatoms. The van der Waals surface area contributed by atoms with Gasteiger partial charge in [0.1, 0.15) is 28.7 Å². The number of nitrogens with two attached hydrogens (primary N) is 1. The first kappa shape index (κ1) is 16.9.